The maximum Gasteiger partial charge on any atom is 0.228 e. The molecular weight excluding hydrogens is 615 g/mol. The number of nitrogens with two attached hydrogens (primary N) is 1. The molecule has 10 heteroatoms. The number of aliphatic hydroxyl groups is 2. The Hall–Kier alpha value is -3.31. The van der Waals surface area contributed by atoms with Crippen molar-refractivity contribution in [2.24, 2.45) is 39.3 Å². The number of nitrogens with zero attached hydrogens (tertiary/aromatic N) is 3. The van der Waals surface area contributed by atoms with Crippen molar-refractivity contribution in [2.45, 2.75) is 68.4 Å². The Bertz CT molecular complexity index is 1900. The van der Waals surface area contributed by atoms with E-state index in [4.69, 9.17) is 10.7 Å². The first kappa shape index (κ1) is 30.1. The molecule has 0 radical (unpaired) electrons. The zero-order valence-corrected chi connectivity index (χ0v) is 27.7. The van der Waals surface area contributed by atoms with Crippen LogP contribution < -0.4 is 5.73 Å². The van der Waals surface area contributed by atoms with Crippen LogP contribution in [0.4, 0.5) is 5.95 Å². The lowest BCUT2D eigenvalue weighted by atomic mass is 9.45. The Labute approximate surface area is 276 Å². The highest BCUT2D eigenvalue weighted by Gasteiger charge is 2.68. The lowest BCUT2D eigenvalue weighted by Crippen LogP contribution is -2.62. The molecule has 5 N–H and O–H groups in total. The lowest BCUT2D eigenvalue weighted by Gasteiger charge is -2.60. The number of imidazole rings is 1. The summed E-state index contributed by atoms with van der Waals surface area (Å²) < 4.78 is 1.93. The highest BCUT2D eigenvalue weighted by atomic mass is 32.2. The van der Waals surface area contributed by atoms with Crippen LogP contribution in [0.3, 0.4) is 0 Å². The number of benzene rings is 2. The van der Waals surface area contributed by atoms with Gasteiger partial charge < -0.3 is 20.9 Å². The quantitative estimate of drug-likeness (QED) is 0.175. The minimum Gasteiger partial charge on any atom is -0.404 e. The third-order valence-electron chi connectivity index (χ3n) is 11.9. The van der Waals surface area contributed by atoms with Crippen LogP contribution in [-0.4, -0.2) is 54.1 Å². The summed E-state index contributed by atoms with van der Waals surface area (Å²) in [6, 6.07) is 15.8. The molecule has 0 bridgehead atoms. The molecular formula is C36H39N5O3S2. The van der Waals surface area contributed by atoms with E-state index in [-0.39, 0.29) is 34.7 Å². The number of aliphatic imine (C=N–C) groups is 1. The number of nitrogens with one attached hydrogen (secondary N) is 1. The van der Waals surface area contributed by atoms with Crippen LogP contribution in [0.15, 0.2) is 81.3 Å². The number of ketones is 1. The number of hydrogen-bond donors (Lipinski definition) is 4. The van der Waals surface area contributed by atoms with Crippen molar-refractivity contribution in [3.05, 3.63) is 72.0 Å². The van der Waals surface area contributed by atoms with Gasteiger partial charge in [0.25, 0.3) is 0 Å². The summed E-state index contributed by atoms with van der Waals surface area (Å²) in [5.41, 5.74) is 9.56. The number of carbonyl (C=O) groups is 1. The van der Waals surface area contributed by atoms with Crippen molar-refractivity contribution in [1.82, 2.24) is 15.0 Å². The second-order valence-corrected chi connectivity index (χ2v) is 16.4. The van der Waals surface area contributed by atoms with Crippen LogP contribution in [0.2, 0.25) is 0 Å². The number of rotatable bonds is 5. The van der Waals surface area contributed by atoms with Crippen molar-refractivity contribution in [3.63, 3.8) is 0 Å². The van der Waals surface area contributed by atoms with Crippen molar-refractivity contribution >= 4 is 61.8 Å². The van der Waals surface area contributed by atoms with E-state index in [9.17, 15) is 15.0 Å². The molecule has 2 heterocycles. The average Bonchev–Trinajstić information content (AvgIpc) is 3.72. The molecule has 3 saturated carbocycles. The summed E-state index contributed by atoms with van der Waals surface area (Å²) in [6.45, 7) is 4.33. The predicted octanol–water partition coefficient (Wildman–Crippen LogP) is 6.72. The lowest BCUT2D eigenvalue weighted by molar-refractivity contribution is -0.177. The van der Waals surface area contributed by atoms with Gasteiger partial charge in [0.05, 0.1) is 38.8 Å². The number of carbonyl (C=O) groups excluding carboxylic acids is 1. The third kappa shape index (κ3) is 4.47. The molecule has 4 aliphatic rings. The first-order valence-corrected chi connectivity index (χ1v) is 18.0. The maximum absolute atomic E-state index is 13.9. The zero-order valence-electron chi connectivity index (χ0n) is 26.1. The van der Waals surface area contributed by atoms with Gasteiger partial charge in [0.15, 0.2) is 10.1 Å². The molecule has 8 nitrogen and oxygen atoms in total. The molecule has 2 aromatic heterocycles. The van der Waals surface area contributed by atoms with E-state index in [1.165, 1.54) is 17.3 Å². The van der Waals surface area contributed by atoms with Gasteiger partial charge in [-0.05, 0) is 104 Å². The normalized spacial score (nSPS) is 35.7. The molecule has 0 aliphatic heterocycles. The Morgan fingerprint density at radius 1 is 1.15 bits per heavy atom. The zero-order chi connectivity index (χ0) is 31.8. The van der Waals surface area contributed by atoms with Crippen LogP contribution in [0.1, 0.15) is 52.4 Å². The van der Waals surface area contributed by atoms with Crippen molar-refractivity contribution < 1.29 is 15.0 Å². The topological polar surface area (TPSA) is 137 Å². The summed E-state index contributed by atoms with van der Waals surface area (Å²) in [6.07, 6.45) is 7.26. The molecule has 238 valence electrons. The maximum atomic E-state index is 13.9. The Balaban J connectivity index is 1.05. The number of fused-ring (bicyclic) bond motifs is 7. The minimum atomic E-state index is -1.47. The summed E-state index contributed by atoms with van der Waals surface area (Å²) in [7, 11) is 0. The van der Waals surface area contributed by atoms with Crippen LogP contribution >= 0.6 is 23.1 Å². The van der Waals surface area contributed by atoms with Crippen LogP contribution in [0.25, 0.3) is 21.3 Å². The van der Waals surface area contributed by atoms with E-state index >= 15 is 0 Å². The third-order valence-corrected chi connectivity index (χ3v) is 14.1. The van der Waals surface area contributed by atoms with Gasteiger partial charge in [0.1, 0.15) is 5.60 Å². The molecule has 0 amide bonds. The monoisotopic (exact) mass is 653 g/mol. The standard InChI is InChI=1S/C36H39N5O3S2/c1-34-16-20(18-37)27(40-32-38-24-7-3-4-8-25(24)39-32)15-21(34)11-12-22-23-13-14-36(44,35(23,2)17-28(42)31(22)34)30(43)19-45-33-41-26-9-5-6-10-29(26)46-33/h3-10,15,18,22-23,28,31,42,44H,11-14,16-17,19,37H2,1-2H3,(H,38,39)/t22?,23?,28-,31?,34?,35?,36-/m0/s1. The highest BCUT2D eigenvalue weighted by molar-refractivity contribution is 8.01. The number of Topliss-reactive ketones (excluding diaryl/α,β-unsaturated/α-hetero) is 1. The number of aromatic nitrogens is 3. The molecule has 8 rings (SSSR count). The van der Waals surface area contributed by atoms with E-state index in [2.05, 4.69) is 34.9 Å². The first-order chi connectivity index (χ1) is 22.1. The number of allylic oxidation sites excluding steroid dienone is 3. The number of thiazole rings is 1. The smallest absolute Gasteiger partial charge is 0.228 e. The van der Waals surface area contributed by atoms with Crippen LogP contribution in [-0.2, 0) is 4.79 Å². The van der Waals surface area contributed by atoms with E-state index in [0.29, 0.717) is 25.2 Å². The number of hydrogen-bond acceptors (Lipinski definition) is 9. The predicted molar refractivity (Wildman–Crippen MR) is 184 cm³/mol. The van der Waals surface area contributed by atoms with Crippen molar-refractivity contribution in [3.8, 4) is 0 Å². The summed E-state index contributed by atoms with van der Waals surface area (Å²) in [5, 5.41) is 24.2. The second-order valence-electron chi connectivity index (χ2n) is 14.1. The first-order valence-electron chi connectivity index (χ1n) is 16.2. The van der Waals surface area contributed by atoms with Gasteiger partial charge in [-0.2, -0.15) is 0 Å². The SMILES string of the molecule is CC12CC(=CN)C(=Nc3nc4ccccc4[nH]3)C=C1CCC1C2[C@@H](O)CC2(C)C1CC[C@]2(O)C(=O)CSc1nc2ccccc2s1. The molecule has 46 heavy (non-hydrogen) atoms. The second kappa shape index (κ2) is 10.9. The van der Waals surface area contributed by atoms with Gasteiger partial charge in [-0.1, -0.05) is 55.4 Å². The Morgan fingerprint density at radius 2 is 1.93 bits per heavy atom. The van der Waals surface area contributed by atoms with E-state index in [0.717, 1.165) is 56.1 Å². The van der Waals surface area contributed by atoms with E-state index < -0.39 is 17.1 Å². The van der Waals surface area contributed by atoms with Crippen molar-refractivity contribution in [1.29, 1.82) is 0 Å². The fraction of sp³-hybridized carbons (Fsp3) is 0.444. The van der Waals surface area contributed by atoms with Crippen LogP contribution in [0, 0.1) is 28.6 Å². The molecule has 3 fully saturated rings. The van der Waals surface area contributed by atoms with Gasteiger partial charge in [0, 0.05) is 5.41 Å². The minimum absolute atomic E-state index is 0.00264. The van der Waals surface area contributed by atoms with E-state index in [1.54, 1.807) is 17.5 Å². The van der Waals surface area contributed by atoms with Crippen LogP contribution in [0.5, 0.6) is 0 Å². The molecule has 7 atom stereocenters. The molecule has 4 aromatic rings. The summed E-state index contributed by atoms with van der Waals surface area (Å²) in [5.74, 6) is 0.926. The number of thioether (sulfide) groups is 1. The van der Waals surface area contributed by atoms with Crippen molar-refractivity contribution in [2.75, 3.05) is 5.75 Å². The average molecular weight is 654 g/mol. The molecule has 0 spiro atoms. The van der Waals surface area contributed by atoms with Gasteiger partial charge in [0.2, 0.25) is 5.95 Å². The highest BCUT2D eigenvalue weighted by Crippen LogP contribution is 2.68. The number of H-pyrrole nitrogens is 1. The molecule has 2 aromatic carbocycles. The Morgan fingerprint density at radius 3 is 2.72 bits per heavy atom. The fourth-order valence-corrected chi connectivity index (χ4v) is 11.7. The number of aliphatic hydroxyl groups excluding tert-OH is 1. The summed E-state index contributed by atoms with van der Waals surface area (Å²) >= 11 is 2.99. The van der Waals surface area contributed by atoms with E-state index in [1.807, 2.05) is 48.5 Å². The molecule has 0 saturated heterocycles. The van der Waals surface area contributed by atoms with Gasteiger partial charge in [-0.15, -0.1) is 11.3 Å². The van der Waals surface area contributed by atoms with Gasteiger partial charge in [-0.25, -0.2) is 15.0 Å². The fourth-order valence-electron chi connectivity index (χ4n) is 9.66. The van der Waals surface area contributed by atoms with Gasteiger partial charge >= 0.3 is 0 Å². The molecule has 5 unspecified atom stereocenters. The number of aromatic amines is 1. The van der Waals surface area contributed by atoms with Gasteiger partial charge in [-0.3, -0.25) is 4.79 Å². The molecule has 4 aliphatic carbocycles. The number of para-hydroxylation sites is 3. The summed E-state index contributed by atoms with van der Waals surface area (Å²) in [4.78, 5) is 31.4. The largest absolute Gasteiger partial charge is 0.404 e. The Kier molecular flexibility index (Phi) is 7.10.